The van der Waals surface area contributed by atoms with E-state index in [0.717, 1.165) is 39.2 Å². The van der Waals surface area contributed by atoms with Gasteiger partial charge in [0.15, 0.2) is 5.82 Å². The van der Waals surface area contributed by atoms with Gasteiger partial charge in [-0.05, 0) is 81.9 Å². The quantitative estimate of drug-likeness (QED) is 0.192. The summed E-state index contributed by atoms with van der Waals surface area (Å²) in [5.74, 6) is 0.719. The lowest BCUT2D eigenvalue weighted by atomic mass is 9.82. The first-order valence-electron chi connectivity index (χ1n) is 17.3. The Hall–Kier alpha value is -6.32. The predicted molar refractivity (Wildman–Crippen MR) is 208 cm³/mol. The van der Waals surface area contributed by atoms with Crippen LogP contribution in [0.2, 0.25) is 0 Å². The van der Waals surface area contributed by atoms with Crippen LogP contribution < -0.4 is 0 Å². The van der Waals surface area contributed by atoms with Crippen LogP contribution in [0.25, 0.3) is 83.3 Å². The maximum Gasteiger partial charge on any atom is 0.160 e. The monoisotopic (exact) mass is 639 g/mol. The van der Waals surface area contributed by atoms with Gasteiger partial charge in [-0.15, -0.1) is 0 Å². The Morgan fingerprint density at radius 2 is 1.08 bits per heavy atom. The van der Waals surface area contributed by atoms with Crippen molar-refractivity contribution in [1.82, 2.24) is 14.5 Å². The van der Waals surface area contributed by atoms with Crippen LogP contribution >= 0.6 is 0 Å². The Morgan fingerprint density at radius 3 is 1.90 bits per heavy atom. The Kier molecular flexibility index (Phi) is 6.22. The number of nitrogens with zero attached hydrogens (tertiary/aromatic N) is 3. The molecule has 0 radical (unpaired) electrons. The van der Waals surface area contributed by atoms with Crippen LogP contribution in [0.4, 0.5) is 0 Å². The zero-order valence-electron chi connectivity index (χ0n) is 27.9. The van der Waals surface area contributed by atoms with Gasteiger partial charge >= 0.3 is 0 Å². The highest BCUT2D eigenvalue weighted by molar-refractivity contribution is 6.11. The summed E-state index contributed by atoms with van der Waals surface area (Å²) in [6.45, 7) is 4.70. The van der Waals surface area contributed by atoms with E-state index in [9.17, 15) is 0 Å². The molecule has 0 aliphatic heterocycles. The van der Waals surface area contributed by atoms with Gasteiger partial charge in [0.2, 0.25) is 0 Å². The summed E-state index contributed by atoms with van der Waals surface area (Å²) < 4.78 is 2.41. The van der Waals surface area contributed by atoms with Crippen molar-refractivity contribution in [1.29, 1.82) is 0 Å². The molecule has 3 heteroatoms. The summed E-state index contributed by atoms with van der Waals surface area (Å²) in [5, 5.41) is 3.58. The topological polar surface area (TPSA) is 30.7 Å². The molecule has 7 aromatic carbocycles. The Balaban J connectivity index is 1.09. The fourth-order valence-corrected chi connectivity index (χ4v) is 8.08. The predicted octanol–water partition coefficient (Wildman–Crippen LogP) is 12.0. The molecule has 0 bridgehead atoms. The van der Waals surface area contributed by atoms with Crippen LogP contribution in [0.1, 0.15) is 25.0 Å². The zero-order chi connectivity index (χ0) is 33.4. The Morgan fingerprint density at radius 1 is 0.440 bits per heavy atom. The van der Waals surface area contributed by atoms with Crippen molar-refractivity contribution in [2.75, 3.05) is 0 Å². The molecule has 9 aromatic rings. The van der Waals surface area contributed by atoms with Crippen molar-refractivity contribution >= 4 is 32.7 Å². The zero-order valence-corrected chi connectivity index (χ0v) is 27.9. The molecule has 2 heterocycles. The van der Waals surface area contributed by atoms with Crippen LogP contribution in [0.15, 0.2) is 164 Å². The minimum absolute atomic E-state index is 0.0712. The maximum absolute atomic E-state index is 5.19. The van der Waals surface area contributed by atoms with Crippen LogP contribution in [0, 0.1) is 0 Å². The number of hydrogen-bond acceptors (Lipinski definition) is 2. The minimum atomic E-state index is -0.0712. The molecule has 2 aromatic heterocycles. The molecular weight excluding hydrogens is 607 g/mol. The van der Waals surface area contributed by atoms with Gasteiger partial charge in [-0.2, -0.15) is 0 Å². The van der Waals surface area contributed by atoms with E-state index >= 15 is 0 Å². The van der Waals surface area contributed by atoms with Crippen LogP contribution in [-0.4, -0.2) is 14.5 Å². The number of para-hydroxylation sites is 2. The third-order valence-electron chi connectivity index (χ3n) is 10.6. The van der Waals surface area contributed by atoms with Gasteiger partial charge in [-0.3, -0.25) is 0 Å². The largest absolute Gasteiger partial charge is 0.309 e. The van der Waals surface area contributed by atoms with Gasteiger partial charge in [0.1, 0.15) is 0 Å². The van der Waals surface area contributed by atoms with Crippen LogP contribution in [-0.2, 0) is 5.41 Å². The third kappa shape index (κ3) is 4.30. The summed E-state index contributed by atoms with van der Waals surface area (Å²) in [5.41, 5.74) is 15.2. The van der Waals surface area contributed by atoms with E-state index < -0.39 is 0 Å². The molecule has 0 N–H and O–H groups in total. The van der Waals surface area contributed by atoms with E-state index in [2.05, 4.69) is 170 Å². The SMILES string of the molecule is CC1(C)c2ccccc2-c2cc3c4ccccc4n(-c4ccc(-c5nc(-c6ccc(-c7ccccc7)cc6)c6ccccc6n5)cc4)c3cc21. The van der Waals surface area contributed by atoms with E-state index in [0.29, 0.717) is 0 Å². The number of fused-ring (bicyclic) bond motifs is 7. The molecule has 0 saturated carbocycles. The van der Waals surface area contributed by atoms with Crippen molar-refractivity contribution in [2.24, 2.45) is 0 Å². The minimum Gasteiger partial charge on any atom is -0.309 e. The average Bonchev–Trinajstić information content (AvgIpc) is 3.62. The first-order chi connectivity index (χ1) is 24.5. The van der Waals surface area contributed by atoms with Crippen molar-refractivity contribution in [2.45, 2.75) is 19.3 Å². The summed E-state index contributed by atoms with van der Waals surface area (Å²) in [6, 6.07) is 58.7. The maximum atomic E-state index is 5.19. The lowest BCUT2D eigenvalue weighted by Crippen LogP contribution is -2.14. The summed E-state index contributed by atoms with van der Waals surface area (Å²) in [7, 11) is 0. The molecule has 0 fully saturated rings. The van der Waals surface area contributed by atoms with E-state index in [1.807, 2.05) is 12.1 Å². The first-order valence-corrected chi connectivity index (χ1v) is 17.3. The summed E-state index contributed by atoms with van der Waals surface area (Å²) >= 11 is 0. The van der Waals surface area contributed by atoms with Crippen LogP contribution in [0.5, 0.6) is 0 Å². The van der Waals surface area contributed by atoms with E-state index in [1.165, 1.54) is 55.2 Å². The smallest absolute Gasteiger partial charge is 0.160 e. The number of hydrogen-bond donors (Lipinski definition) is 0. The molecule has 1 aliphatic rings. The second kappa shape index (κ2) is 10.8. The molecule has 3 nitrogen and oxygen atoms in total. The molecule has 0 unspecified atom stereocenters. The molecule has 0 saturated heterocycles. The fraction of sp³-hybridized carbons (Fsp3) is 0.0638. The fourth-order valence-electron chi connectivity index (χ4n) is 8.08. The molecular formula is C47H33N3. The molecule has 1 aliphatic carbocycles. The van der Waals surface area contributed by atoms with Gasteiger partial charge in [0.05, 0.1) is 22.2 Å². The van der Waals surface area contributed by atoms with Gasteiger partial charge in [0, 0.05) is 38.4 Å². The molecule has 0 atom stereocenters. The second-order valence-corrected chi connectivity index (χ2v) is 13.8. The van der Waals surface area contributed by atoms with Crippen LogP contribution in [0.3, 0.4) is 0 Å². The summed E-state index contributed by atoms with van der Waals surface area (Å²) in [4.78, 5) is 10.2. The second-order valence-electron chi connectivity index (χ2n) is 13.8. The van der Waals surface area contributed by atoms with Crippen molar-refractivity contribution in [3.05, 3.63) is 175 Å². The molecule has 236 valence electrons. The Bertz CT molecular complexity index is 2750. The Labute approximate surface area is 291 Å². The van der Waals surface area contributed by atoms with Gasteiger partial charge in [-0.1, -0.05) is 129 Å². The number of rotatable bonds is 4. The number of benzene rings is 7. The van der Waals surface area contributed by atoms with Gasteiger partial charge < -0.3 is 4.57 Å². The normalized spacial score (nSPS) is 13.2. The van der Waals surface area contributed by atoms with E-state index in [1.54, 1.807) is 0 Å². The lowest BCUT2D eigenvalue weighted by Gasteiger charge is -2.21. The van der Waals surface area contributed by atoms with E-state index in [-0.39, 0.29) is 5.41 Å². The highest BCUT2D eigenvalue weighted by Gasteiger charge is 2.36. The average molecular weight is 640 g/mol. The summed E-state index contributed by atoms with van der Waals surface area (Å²) in [6.07, 6.45) is 0. The molecule has 0 spiro atoms. The van der Waals surface area contributed by atoms with E-state index in [4.69, 9.17) is 9.97 Å². The highest BCUT2D eigenvalue weighted by atomic mass is 15.0. The molecule has 10 rings (SSSR count). The first kappa shape index (κ1) is 28.7. The van der Waals surface area contributed by atoms with Crippen molar-refractivity contribution < 1.29 is 0 Å². The van der Waals surface area contributed by atoms with Gasteiger partial charge in [-0.25, -0.2) is 9.97 Å². The number of aromatic nitrogens is 3. The molecule has 50 heavy (non-hydrogen) atoms. The van der Waals surface area contributed by atoms with Crippen molar-refractivity contribution in [3.8, 4) is 50.6 Å². The van der Waals surface area contributed by atoms with Crippen molar-refractivity contribution in [3.63, 3.8) is 0 Å². The standard InChI is InChI=1S/C47H33N3/c1-47(2)40-17-9-6-14-35(40)38-28-39-36-15-8-11-19-43(36)50(44(39)29-41(38)47)34-26-24-33(25-27-34)46-48-42-18-10-7-16-37(42)45(49-46)32-22-20-31(21-23-32)30-12-4-3-5-13-30/h3-29H,1-2H3. The lowest BCUT2D eigenvalue weighted by molar-refractivity contribution is 0.661. The third-order valence-corrected chi connectivity index (χ3v) is 10.6. The highest BCUT2D eigenvalue weighted by Crippen LogP contribution is 2.51. The van der Waals surface area contributed by atoms with Gasteiger partial charge in [0.25, 0.3) is 0 Å². The molecule has 0 amide bonds.